The number of aromatic carboxylic acids is 1. The van der Waals surface area contributed by atoms with E-state index in [0.29, 0.717) is 23.8 Å². The number of carboxylic acid groups (broad SMARTS) is 1. The summed E-state index contributed by atoms with van der Waals surface area (Å²) in [6.07, 6.45) is 0. The Kier molecular flexibility index (Phi) is 6.28. The van der Waals surface area contributed by atoms with E-state index >= 15 is 0 Å². The molecule has 24 heavy (non-hydrogen) atoms. The molecule has 8 heteroatoms. The predicted octanol–water partition coefficient (Wildman–Crippen LogP) is 2.13. The molecular formula is C16H17NO6S. The Labute approximate surface area is 141 Å². The molecule has 0 saturated heterocycles. The van der Waals surface area contributed by atoms with Crippen LogP contribution in [0.3, 0.4) is 0 Å². The Bertz CT molecular complexity index is 755. The molecule has 0 saturated carbocycles. The number of nitrogens with one attached hydrogen (secondary N) is 1. The second-order valence-electron chi connectivity index (χ2n) is 4.90. The number of amides is 1. The average Bonchev–Trinajstić information content (AvgIpc) is 3.03. The first-order valence-corrected chi connectivity index (χ1v) is 8.55. The number of rotatable bonds is 8. The van der Waals surface area contributed by atoms with E-state index in [0.717, 1.165) is 5.56 Å². The zero-order valence-corrected chi connectivity index (χ0v) is 13.8. The van der Waals surface area contributed by atoms with E-state index in [9.17, 15) is 13.8 Å². The number of carbonyl (C=O) groups is 2. The number of carbonyl (C=O) groups excluding carboxylic acids is 1. The molecule has 0 spiro atoms. The van der Waals surface area contributed by atoms with E-state index in [4.69, 9.17) is 14.3 Å². The summed E-state index contributed by atoms with van der Waals surface area (Å²) >= 11 is 0. The molecule has 1 atom stereocenters. The minimum Gasteiger partial charge on any atom is -0.475 e. The Balaban J connectivity index is 2.01. The van der Waals surface area contributed by atoms with Crippen LogP contribution in [0.2, 0.25) is 0 Å². The molecule has 7 nitrogen and oxygen atoms in total. The molecule has 0 aliphatic carbocycles. The van der Waals surface area contributed by atoms with Crippen LogP contribution in [0, 0.1) is 0 Å². The molecule has 0 bridgehead atoms. The molecule has 0 aliphatic rings. The number of methoxy groups -OCH3 is 1. The quantitative estimate of drug-likeness (QED) is 0.755. The van der Waals surface area contributed by atoms with Gasteiger partial charge in [-0.05, 0) is 29.8 Å². The van der Waals surface area contributed by atoms with E-state index in [2.05, 4.69) is 5.32 Å². The minimum atomic E-state index is -1.24. The number of hydrogen-bond acceptors (Lipinski definition) is 5. The van der Waals surface area contributed by atoms with Crippen molar-refractivity contribution in [2.75, 3.05) is 24.8 Å². The van der Waals surface area contributed by atoms with Gasteiger partial charge in [-0.2, -0.15) is 0 Å². The van der Waals surface area contributed by atoms with Crippen molar-refractivity contribution in [3.8, 4) is 0 Å². The van der Waals surface area contributed by atoms with Gasteiger partial charge in [0.1, 0.15) is 0 Å². The molecule has 1 unspecified atom stereocenters. The third kappa shape index (κ3) is 5.04. The first-order chi connectivity index (χ1) is 11.5. The van der Waals surface area contributed by atoms with Gasteiger partial charge >= 0.3 is 5.97 Å². The van der Waals surface area contributed by atoms with Crippen molar-refractivity contribution < 1.29 is 28.1 Å². The maximum atomic E-state index is 12.1. The largest absolute Gasteiger partial charge is 0.475 e. The Hall–Kier alpha value is -2.45. The van der Waals surface area contributed by atoms with Crippen molar-refractivity contribution in [2.45, 2.75) is 5.75 Å². The fourth-order valence-electron chi connectivity index (χ4n) is 1.94. The van der Waals surface area contributed by atoms with E-state index < -0.39 is 22.7 Å². The van der Waals surface area contributed by atoms with Gasteiger partial charge in [-0.15, -0.1) is 0 Å². The van der Waals surface area contributed by atoms with Crippen LogP contribution in [-0.2, 0) is 21.3 Å². The summed E-state index contributed by atoms with van der Waals surface area (Å²) in [6, 6.07) is 9.46. The Morgan fingerprint density at radius 1 is 1.25 bits per heavy atom. The highest BCUT2D eigenvalue weighted by Crippen LogP contribution is 2.15. The van der Waals surface area contributed by atoms with Crippen molar-refractivity contribution >= 4 is 28.4 Å². The van der Waals surface area contributed by atoms with Gasteiger partial charge in [-0.1, -0.05) is 12.1 Å². The number of hydrogen-bond donors (Lipinski definition) is 2. The van der Waals surface area contributed by atoms with Gasteiger partial charge in [0.15, 0.2) is 5.76 Å². The van der Waals surface area contributed by atoms with Crippen molar-refractivity contribution in [1.29, 1.82) is 0 Å². The maximum absolute atomic E-state index is 12.1. The normalized spacial score (nSPS) is 11.9. The van der Waals surface area contributed by atoms with Crippen molar-refractivity contribution in [3.05, 3.63) is 53.5 Å². The summed E-state index contributed by atoms with van der Waals surface area (Å²) in [4.78, 5) is 22.8. The van der Waals surface area contributed by atoms with Crippen LogP contribution in [0.1, 0.15) is 26.7 Å². The molecule has 128 valence electrons. The van der Waals surface area contributed by atoms with Crippen LogP contribution >= 0.6 is 0 Å². The first kappa shape index (κ1) is 17.9. The third-order valence-corrected chi connectivity index (χ3v) is 4.35. The zero-order chi connectivity index (χ0) is 17.5. The van der Waals surface area contributed by atoms with Gasteiger partial charge < -0.3 is 19.6 Å². The molecule has 2 rings (SSSR count). The molecule has 1 heterocycles. The van der Waals surface area contributed by atoms with E-state index in [1.807, 2.05) is 6.07 Å². The van der Waals surface area contributed by atoms with Gasteiger partial charge in [-0.25, -0.2) is 4.79 Å². The van der Waals surface area contributed by atoms with Crippen LogP contribution in [0.4, 0.5) is 5.69 Å². The maximum Gasteiger partial charge on any atom is 0.371 e. The highest BCUT2D eigenvalue weighted by molar-refractivity contribution is 7.84. The Morgan fingerprint density at radius 3 is 2.67 bits per heavy atom. The average molecular weight is 351 g/mol. The fourth-order valence-corrected chi connectivity index (χ4v) is 2.99. The fraction of sp³-hybridized carbons (Fsp3) is 0.250. The molecule has 0 radical (unpaired) electrons. The zero-order valence-electron chi connectivity index (χ0n) is 13.0. The van der Waals surface area contributed by atoms with Gasteiger partial charge in [0.25, 0.3) is 5.91 Å². The van der Waals surface area contributed by atoms with Gasteiger partial charge in [0.2, 0.25) is 5.76 Å². The van der Waals surface area contributed by atoms with Crippen molar-refractivity contribution in [3.63, 3.8) is 0 Å². The van der Waals surface area contributed by atoms with E-state index in [-0.39, 0.29) is 11.5 Å². The second-order valence-corrected chi connectivity index (χ2v) is 6.48. The van der Waals surface area contributed by atoms with Gasteiger partial charge in [0.05, 0.1) is 6.61 Å². The predicted molar refractivity (Wildman–Crippen MR) is 88.7 cm³/mol. The number of anilines is 1. The summed E-state index contributed by atoms with van der Waals surface area (Å²) in [6.45, 7) is 0.424. The molecular weight excluding hydrogens is 334 g/mol. The van der Waals surface area contributed by atoms with E-state index in [1.165, 1.54) is 12.1 Å². The summed E-state index contributed by atoms with van der Waals surface area (Å²) < 4.78 is 21.7. The van der Waals surface area contributed by atoms with Gasteiger partial charge in [0, 0.05) is 35.1 Å². The van der Waals surface area contributed by atoms with Crippen LogP contribution in [-0.4, -0.2) is 40.7 Å². The number of carboxylic acids is 1. The lowest BCUT2D eigenvalue weighted by Gasteiger charge is -2.06. The molecule has 2 N–H and O–H groups in total. The van der Waals surface area contributed by atoms with E-state index in [1.54, 1.807) is 25.3 Å². The summed E-state index contributed by atoms with van der Waals surface area (Å²) in [5, 5.41) is 11.4. The summed E-state index contributed by atoms with van der Waals surface area (Å²) in [7, 11) is 0.502. The van der Waals surface area contributed by atoms with Crippen LogP contribution < -0.4 is 5.32 Å². The smallest absolute Gasteiger partial charge is 0.371 e. The standard InChI is InChI=1S/C16H17NO6S/c1-22-7-8-24(21)10-11-3-2-4-12(9-11)17-15(18)13-5-6-14(23-13)16(19)20/h2-6,9H,7-8,10H2,1H3,(H,17,18)(H,19,20). The Morgan fingerprint density at radius 2 is 2.00 bits per heavy atom. The van der Waals surface area contributed by atoms with Gasteiger partial charge in [-0.3, -0.25) is 9.00 Å². The number of benzene rings is 1. The minimum absolute atomic E-state index is 0.0959. The number of furan rings is 1. The lowest BCUT2D eigenvalue weighted by Crippen LogP contribution is -2.11. The molecule has 1 aromatic carbocycles. The third-order valence-electron chi connectivity index (χ3n) is 3.07. The molecule has 1 aromatic heterocycles. The molecule has 1 amide bonds. The van der Waals surface area contributed by atoms with Crippen LogP contribution in [0.15, 0.2) is 40.8 Å². The lowest BCUT2D eigenvalue weighted by atomic mass is 10.2. The lowest BCUT2D eigenvalue weighted by molar-refractivity contribution is 0.0660. The highest BCUT2D eigenvalue weighted by atomic mass is 32.2. The second kappa shape index (κ2) is 8.42. The van der Waals surface area contributed by atoms with Crippen LogP contribution in [0.5, 0.6) is 0 Å². The van der Waals surface area contributed by atoms with Crippen molar-refractivity contribution in [1.82, 2.24) is 0 Å². The summed E-state index contributed by atoms with van der Waals surface area (Å²) in [5.41, 5.74) is 1.32. The van der Waals surface area contributed by atoms with Crippen LogP contribution in [0.25, 0.3) is 0 Å². The molecule has 2 aromatic rings. The monoisotopic (exact) mass is 351 g/mol. The summed E-state index contributed by atoms with van der Waals surface area (Å²) in [5.74, 6) is -1.40. The highest BCUT2D eigenvalue weighted by Gasteiger charge is 2.15. The molecule has 0 aliphatic heterocycles. The SMILES string of the molecule is COCCS(=O)Cc1cccc(NC(=O)c2ccc(C(=O)O)o2)c1. The first-order valence-electron chi connectivity index (χ1n) is 7.07. The van der Waals surface area contributed by atoms with Crippen molar-refractivity contribution in [2.24, 2.45) is 0 Å². The molecule has 0 fully saturated rings. The topological polar surface area (TPSA) is 106 Å². The number of ether oxygens (including phenoxy) is 1.